The lowest BCUT2D eigenvalue weighted by molar-refractivity contribution is -0.137. The number of nitrogens with zero attached hydrogens (tertiary/aromatic N) is 3. The number of hydrogen-bond donors (Lipinski definition) is 0. The smallest absolute Gasteiger partial charge is 0.277 e. The van der Waals surface area contributed by atoms with E-state index in [2.05, 4.69) is 16.7 Å². The molecule has 0 saturated carbocycles. The SMILES string of the molecule is CCN1CCN(C2=C(c3ccc(OC)cc3)C(=O)N(CCc3ccc(OC)cc3)C2=O)CC1. The molecule has 2 aliphatic rings. The number of carbonyl (C=O) groups excluding carboxylic acids is 2. The van der Waals surface area contributed by atoms with Crippen LogP contribution in [0.5, 0.6) is 11.5 Å². The third-order valence-electron chi connectivity index (χ3n) is 6.44. The summed E-state index contributed by atoms with van der Waals surface area (Å²) in [4.78, 5) is 32.9. The van der Waals surface area contributed by atoms with Gasteiger partial charge in [-0.2, -0.15) is 0 Å². The second-order valence-corrected chi connectivity index (χ2v) is 8.23. The molecule has 0 aromatic heterocycles. The number of benzene rings is 2. The molecule has 1 saturated heterocycles. The van der Waals surface area contributed by atoms with E-state index in [0.29, 0.717) is 30.0 Å². The third-order valence-corrected chi connectivity index (χ3v) is 6.44. The van der Waals surface area contributed by atoms with Gasteiger partial charge < -0.3 is 19.3 Å². The Morgan fingerprint density at radius 2 is 1.36 bits per heavy atom. The van der Waals surface area contributed by atoms with Crippen LogP contribution in [0.2, 0.25) is 0 Å². The van der Waals surface area contributed by atoms with Gasteiger partial charge in [-0.1, -0.05) is 31.2 Å². The molecule has 1 fully saturated rings. The van der Waals surface area contributed by atoms with Crippen molar-refractivity contribution in [3.63, 3.8) is 0 Å². The van der Waals surface area contributed by atoms with E-state index >= 15 is 0 Å². The summed E-state index contributed by atoms with van der Waals surface area (Å²) in [6.45, 7) is 6.68. The number of carbonyl (C=O) groups is 2. The fraction of sp³-hybridized carbons (Fsp3) is 0.385. The van der Waals surface area contributed by atoms with E-state index < -0.39 is 0 Å². The highest BCUT2D eigenvalue weighted by atomic mass is 16.5. The zero-order valence-electron chi connectivity index (χ0n) is 19.5. The van der Waals surface area contributed by atoms with Crippen LogP contribution in [0.15, 0.2) is 54.2 Å². The van der Waals surface area contributed by atoms with Crippen molar-refractivity contribution >= 4 is 17.4 Å². The van der Waals surface area contributed by atoms with E-state index in [4.69, 9.17) is 9.47 Å². The van der Waals surface area contributed by atoms with Gasteiger partial charge in [-0.25, -0.2) is 0 Å². The zero-order valence-corrected chi connectivity index (χ0v) is 19.5. The predicted octanol–water partition coefficient (Wildman–Crippen LogP) is 2.66. The molecule has 0 spiro atoms. The highest BCUT2D eigenvalue weighted by molar-refractivity contribution is 6.35. The Morgan fingerprint density at radius 1 is 0.788 bits per heavy atom. The molecule has 0 radical (unpaired) electrons. The number of amides is 2. The first-order chi connectivity index (χ1) is 16.0. The maximum atomic E-state index is 13.5. The Hall–Kier alpha value is -3.32. The molecule has 2 aromatic rings. The molecule has 2 heterocycles. The molecule has 0 N–H and O–H groups in total. The van der Waals surface area contributed by atoms with Crippen molar-refractivity contribution < 1.29 is 19.1 Å². The van der Waals surface area contributed by atoms with Crippen LogP contribution in [0.1, 0.15) is 18.1 Å². The van der Waals surface area contributed by atoms with E-state index in [1.807, 2.05) is 48.5 Å². The van der Waals surface area contributed by atoms with Crippen molar-refractivity contribution in [2.75, 3.05) is 53.5 Å². The number of likely N-dealkylation sites (N-methyl/N-ethyl adjacent to an activating group) is 1. The number of methoxy groups -OCH3 is 2. The summed E-state index contributed by atoms with van der Waals surface area (Å²) in [7, 11) is 3.24. The Bertz CT molecular complexity index is 1020. The number of rotatable bonds is 8. The van der Waals surface area contributed by atoms with Crippen LogP contribution in [0.3, 0.4) is 0 Å². The molecule has 0 unspecified atom stereocenters. The summed E-state index contributed by atoms with van der Waals surface area (Å²) in [5.41, 5.74) is 2.81. The van der Waals surface area contributed by atoms with Crippen molar-refractivity contribution in [2.45, 2.75) is 13.3 Å². The molecule has 2 aromatic carbocycles. The van der Waals surface area contributed by atoms with Crippen molar-refractivity contribution in [3.8, 4) is 11.5 Å². The summed E-state index contributed by atoms with van der Waals surface area (Å²) in [5.74, 6) is 1.06. The average Bonchev–Trinajstić information content (AvgIpc) is 3.12. The second kappa shape index (κ2) is 10.1. The van der Waals surface area contributed by atoms with Crippen LogP contribution < -0.4 is 9.47 Å². The average molecular weight is 450 g/mol. The lowest BCUT2D eigenvalue weighted by Crippen LogP contribution is -2.47. The summed E-state index contributed by atoms with van der Waals surface area (Å²) in [5, 5.41) is 0. The van der Waals surface area contributed by atoms with Crippen LogP contribution in [-0.2, 0) is 16.0 Å². The van der Waals surface area contributed by atoms with Gasteiger partial charge in [-0.15, -0.1) is 0 Å². The van der Waals surface area contributed by atoms with Gasteiger partial charge in [0.2, 0.25) is 0 Å². The normalized spacial score (nSPS) is 17.2. The minimum atomic E-state index is -0.230. The van der Waals surface area contributed by atoms with Crippen molar-refractivity contribution in [1.29, 1.82) is 0 Å². The third kappa shape index (κ3) is 4.73. The minimum Gasteiger partial charge on any atom is -0.497 e. The number of piperazine rings is 1. The molecule has 33 heavy (non-hydrogen) atoms. The molecular formula is C26H31N3O4. The fourth-order valence-corrected chi connectivity index (χ4v) is 4.40. The van der Waals surface area contributed by atoms with Crippen molar-refractivity contribution in [2.24, 2.45) is 0 Å². The second-order valence-electron chi connectivity index (χ2n) is 8.23. The Balaban J connectivity index is 1.60. The van der Waals surface area contributed by atoms with Crippen LogP contribution in [0, 0.1) is 0 Å². The molecule has 2 aliphatic heterocycles. The van der Waals surface area contributed by atoms with Gasteiger partial charge in [0, 0.05) is 32.7 Å². The lowest BCUT2D eigenvalue weighted by atomic mass is 10.0. The molecule has 7 heteroatoms. The Morgan fingerprint density at radius 3 is 1.91 bits per heavy atom. The zero-order chi connectivity index (χ0) is 23.4. The fourth-order valence-electron chi connectivity index (χ4n) is 4.40. The van der Waals surface area contributed by atoms with E-state index in [9.17, 15) is 9.59 Å². The Labute approximate surface area is 195 Å². The summed E-state index contributed by atoms with van der Waals surface area (Å²) in [6, 6.07) is 15.1. The topological polar surface area (TPSA) is 62.3 Å². The highest BCUT2D eigenvalue weighted by Gasteiger charge is 2.41. The van der Waals surface area contributed by atoms with E-state index in [-0.39, 0.29) is 11.8 Å². The molecule has 4 rings (SSSR count). The van der Waals surface area contributed by atoms with Crippen LogP contribution in [0.4, 0.5) is 0 Å². The molecule has 174 valence electrons. The van der Waals surface area contributed by atoms with Gasteiger partial charge in [-0.3, -0.25) is 14.5 Å². The van der Waals surface area contributed by atoms with Gasteiger partial charge >= 0.3 is 0 Å². The molecule has 0 atom stereocenters. The maximum Gasteiger partial charge on any atom is 0.277 e. The van der Waals surface area contributed by atoms with Gasteiger partial charge in [0.15, 0.2) is 0 Å². The summed E-state index contributed by atoms with van der Waals surface area (Å²) >= 11 is 0. The summed E-state index contributed by atoms with van der Waals surface area (Å²) < 4.78 is 10.5. The first-order valence-corrected chi connectivity index (χ1v) is 11.4. The van der Waals surface area contributed by atoms with Crippen molar-refractivity contribution in [1.82, 2.24) is 14.7 Å². The molecule has 0 aliphatic carbocycles. The molecule has 2 amide bonds. The Kier molecular flexibility index (Phi) is 6.99. The van der Waals surface area contributed by atoms with Crippen LogP contribution in [-0.4, -0.2) is 80.0 Å². The predicted molar refractivity (Wildman–Crippen MR) is 127 cm³/mol. The maximum absolute atomic E-state index is 13.5. The first-order valence-electron chi connectivity index (χ1n) is 11.4. The molecule has 7 nitrogen and oxygen atoms in total. The van der Waals surface area contributed by atoms with E-state index in [1.54, 1.807) is 14.2 Å². The molecule has 0 bridgehead atoms. The van der Waals surface area contributed by atoms with E-state index in [0.717, 1.165) is 49.6 Å². The lowest BCUT2D eigenvalue weighted by Gasteiger charge is -2.36. The quantitative estimate of drug-likeness (QED) is 0.578. The van der Waals surface area contributed by atoms with Crippen molar-refractivity contribution in [3.05, 3.63) is 65.4 Å². The van der Waals surface area contributed by atoms with E-state index in [1.165, 1.54) is 4.90 Å². The van der Waals surface area contributed by atoms with Gasteiger partial charge in [0.1, 0.15) is 17.2 Å². The number of hydrogen-bond acceptors (Lipinski definition) is 6. The highest BCUT2D eigenvalue weighted by Crippen LogP contribution is 2.33. The summed E-state index contributed by atoms with van der Waals surface area (Å²) in [6.07, 6.45) is 0.592. The number of imide groups is 1. The van der Waals surface area contributed by atoms with Gasteiger partial charge in [-0.05, 0) is 48.4 Å². The monoisotopic (exact) mass is 449 g/mol. The standard InChI is InChI=1S/C26H31N3O4/c1-4-27-15-17-28(18-16-27)24-23(20-7-11-22(33-3)12-8-20)25(30)29(26(24)31)14-13-19-5-9-21(32-2)10-6-19/h5-12H,4,13-18H2,1-3H3. The minimum absolute atomic E-state index is 0.204. The van der Waals surface area contributed by atoms with Gasteiger partial charge in [0.05, 0.1) is 19.8 Å². The molecular weight excluding hydrogens is 418 g/mol. The number of ether oxygens (including phenoxy) is 2. The van der Waals surface area contributed by atoms with Crippen LogP contribution in [0.25, 0.3) is 5.57 Å². The van der Waals surface area contributed by atoms with Gasteiger partial charge in [0.25, 0.3) is 11.8 Å². The van der Waals surface area contributed by atoms with Crippen LogP contribution >= 0.6 is 0 Å². The largest absolute Gasteiger partial charge is 0.497 e. The first kappa shape index (κ1) is 22.9.